The molecule has 0 radical (unpaired) electrons. The molecule has 0 unspecified atom stereocenters. The zero-order valence-corrected chi connectivity index (χ0v) is 12.7. The minimum absolute atomic E-state index is 0.131. The van der Waals surface area contributed by atoms with Gasteiger partial charge in [-0.15, -0.1) is 0 Å². The molecule has 0 aromatic heterocycles. The summed E-state index contributed by atoms with van der Waals surface area (Å²) in [6, 6.07) is 6.56. The standard InChI is InChI=1S/C16H24FN3O/c1-3-18-13-8-10-15(11-9-13)20(2)16(21)19-14-6-4-12(17)5-7-14/h4-7,13,15,18H,3,8-11H2,1-2H3,(H,19,21). The van der Waals surface area contributed by atoms with Crippen molar-refractivity contribution in [3.63, 3.8) is 0 Å². The summed E-state index contributed by atoms with van der Waals surface area (Å²) in [5, 5.41) is 6.27. The van der Waals surface area contributed by atoms with Gasteiger partial charge in [-0.2, -0.15) is 0 Å². The average Bonchev–Trinajstić information content (AvgIpc) is 2.50. The molecule has 0 atom stereocenters. The van der Waals surface area contributed by atoms with Gasteiger partial charge in [-0.05, 0) is 56.5 Å². The van der Waals surface area contributed by atoms with Gasteiger partial charge in [0, 0.05) is 24.8 Å². The Morgan fingerprint density at radius 1 is 1.24 bits per heavy atom. The lowest BCUT2D eigenvalue weighted by atomic mass is 9.90. The smallest absolute Gasteiger partial charge is 0.321 e. The van der Waals surface area contributed by atoms with Crippen molar-refractivity contribution in [3.8, 4) is 0 Å². The normalized spacial score (nSPS) is 21.9. The Balaban J connectivity index is 1.84. The van der Waals surface area contributed by atoms with E-state index in [1.54, 1.807) is 17.0 Å². The van der Waals surface area contributed by atoms with Crippen LogP contribution >= 0.6 is 0 Å². The van der Waals surface area contributed by atoms with E-state index >= 15 is 0 Å². The van der Waals surface area contributed by atoms with Gasteiger partial charge in [0.15, 0.2) is 0 Å². The highest BCUT2D eigenvalue weighted by molar-refractivity contribution is 5.89. The summed E-state index contributed by atoms with van der Waals surface area (Å²) in [4.78, 5) is 14.0. The van der Waals surface area contributed by atoms with Crippen molar-refractivity contribution in [1.82, 2.24) is 10.2 Å². The topological polar surface area (TPSA) is 44.4 Å². The molecule has 1 fully saturated rings. The van der Waals surface area contributed by atoms with Crippen LogP contribution in [0, 0.1) is 5.82 Å². The number of hydrogen-bond acceptors (Lipinski definition) is 2. The number of halogens is 1. The van der Waals surface area contributed by atoms with Gasteiger partial charge >= 0.3 is 6.03 Å². The van der Waals surface area contributed by atoms with Crippen LogP contribution in [0.2, 0.25) is 0 Å². The largest absolute Gasteiger partial charge is 0.325 e. The molecule has 21 heavy (non-hydrogen) atoms. The fraction of sp³-hybridized carbons (Fsp3) is 0.562. The zero-order valence-electron chi connectivity index (χ0n) is 12.7. The van der Waals surface area contributed by atoms with Gasteiger partial charge in [0.1, 0.15) is 5.82 Å². The van der Waals surface area contributed by atoms with Crippen LogP contribution in [-0.4, -0.2) is 36.6 Å². The predicted molar refractivity (Wildman–Crippen MR) is 82.9 cm³/mol. The van der Waals surface area contributed by atoms with Gasteiger partial charge in [0.05, 0.1) is 0 Å². The maximum Gasteiger partial charge on any atom is 0.321 e. The number of amides is 2. The van der Waals surface area contributed by atoms with Crippen molar-refractivity contribution in [2.45, 2.75) is 44.7 Å². The molecule has 0 saturated heterocycles. The van der Waals surface area contributed by atoms with Crippen molar-refractivity contribution in [3.05, 3.63) is 30.1 Å². The highest BCUT2D eigenvalue weighted by atomic mass is 19.1. The number of carbonyl (C=O) groups is 1. The van der Waals surface area contributed by atoms with E-state index in [4.69, 9.17) is 0 Å². The molecule has 4 nitrogen and oxygen atoms in total. The lowest BCUT2D eigenvalue weighted by Gasteiger charge is -2.34. The fourth-order valence-corrected chi connectivity index (χ4v) is 2.87. The third kappa shape index (κ3) is 4.43. The first-order valence-electron chi connectivity index (χ1n) is 7.63. The summed E-state index contributed by atoms with van der Waals surface area (Å²) in [6.45, 7) is 3.12. The quantitative estimate of drug-likeness (QED) is 0.895. The second-order valence-electron chi connectivity index (χ2n) is 5.61. The van der Waals surface area contributed by atoms with Crippen molar-refractivity contribution >= 4 is 11.7 Å². The van der Waals surface area contributed by atoms with Crippen LogP contribution in [0.5, 0.6) is 0 Å². The summed E-state index contributed by atoms with van der Waals surface area (Å²) < 4.78 is 12.8. The van der Waals surface area contributed by atoms with Gasteiger partial charge < -0.3 is 15.5 Å². The molecule has 1 saturated carbocycles. The second kappa shape index (κ2) is 7.41. The minimum Gasteiger partial charge on any atom is -0.325 e. The molecule has 2 N–H and O–H groups in total. The Morgan fingerprint density at radius 2 is 1.86 bits per heavy atom. The first kappa shape index (κ1) is 15.8. The van der Waals surface area contributed by atoms with Crippen molar-refractivity contribution in [1.29, 1.82) is 0 Å². The highest BCUT2D eigenvalue weighted by Crippen LogP contribution is 2.23. The number of carbonyl (C=O) groups excluding carboxylic acids is 1. The maximum atomic E-state index is 12.8. The van der Waals surface area contributed by atoms with E-state index in [1.807, 2.05) is 7.05 Å². The Labute approximate surface area is 125 Å². The van der Waals surface area contributed by atoms with E-state index in [1.165, 1.54) is 12.1 Å². The monoisotopic (exact) mass is 293 g/mol. The predicted octanol–water partition coefficient (Wildman–Crippen LogP) is 3.21. The van der Waals surface area contributed by atoms with Crippen LogP contribution in [-0.2, 0) is 0 Å². The summed E-state index contributed by atoms with van der Waals surface area (Å²) in [6.07, 6.45) is 4.25. The molecule has 1 aromatic carbocycles. The van der Waals surface area contributed by atoms with Crippen LogP contribution in [0.25, 0.3) is 0 Å². The Morgan fingerprint density at radius 3 is 2.43 bits per heavy atom. The van der Waals surface area contributed by atoms with Gasteiger partial charge in [-0.3, -0.25) is 0 Å². The Bertz CT molecular complexity index is 455. The van der Waals surface area contributed by atoms with Crippen molar-refractivity contribution in [2.75, 3.05) is 18.9 Å². The van der Waals surface area contributed by atoms with E-state index in [0.717, 1.165) is 32.2 Å². The van der Waals surface area contributed by atoms with Gasteiger partial charge in [0.25, 0.3) is 0 Å². The lowest BCUT2D eigenvalue weighted by Crippen LogP contribution is -2.44. The minimum atomic E-state index is -0.303. The molecular formula is C16H24FN3O. The van der Waals surface area contributed by atoms with Crippen LogP contribution < -0.4 is 10.6 Å². The summed E-state index contributed by atoms with van der Waals surface area (Å²) in [7, 11) is 1.83. The average molecular weight is 293 g/mol. The molecule has 116 valence electrons. The van der Waals surface area contributed by atoms with Gasteiger partial charge in [-0.1, -0.05) is 6.92 Å². The Kier molecular flexibility index (Phi) is 5.56. The van der Waals surface area contributed by atoms with Gasteiger partial charge in [-0.25, -0.2) is 9.18 Å². The van der Waals surface area contributed by atoms with E-state index in [-0.39, 0.29) is 17.9 Å². The number of nitrogens with one attached hydrogen (secondary N) is 2. The first-order valence-corrected chi connectivity index (χ1v) is 7.63. The molecule has 5 heteroatoms. The number of urea groups is 1. The van der Waals surface area contributed by atoms with E-state index in [9.17, 15) is 9.18 Å². The number of hydrogen-bond donors (Lipinski definition) is 2. The zero-order chi connectivity index (χ0) is 15.2. The highest BCUT2D eigenvalue weighted by Gasteiger charge is 2.26. The molecular weight excluding hydrogens is 269 g/mol. The van der Waals surface area contributed by atoms with Crippen LogP contribution in [0.4, 0.5) is 14.9 Å². The molecule has 1 aliphatic rings. The van der Waals surface area contributed by atoms with Crippen molar-refractivity contribution in [2.24, 2.45) is 0 Å². The third-order valence-corrected chi connectivity index (χ3v) is 4.15. The van der Waals surface area contributed by atoms with E-state index in [0.29, 0.717) is 11.7 Å². The van der Waals surface area contributed by atoms with E-state index < -0.39 is 0 Å². The van der Waals surface area contributed by atoms with Crippen molar-refractivity contribution < 1.29 is 9.18 Å². The molecule has 1 aromatic rings. The summed E-state index contributed by atoms with van der Waals surface area (Å²) >= 11 is 0. The van der Waals surface area contributed by atoms with Crippen LogP contribution in [0.3, 0.4) is 0 Å². The third-order valence-electron chi connectivity index (χ3n) is 4.15. The summed E-state index contributed by atoms with van der Waals surface area (Å²) in [5.74, 6) is -0.303. The van der Waals surface area contributed by atoms with Gasteiger partial charge in [0.2, 0.25) is 0 Å². The van der Waals surface area contributed by atoms with Crippen LogP contribution in [0.15, 0.2) is 24.3 Å². The molecule has 0 heterocycles. The number of rotatable bonds is 4. The molecule has 1 aliphatic carbocycles. The second-order valence-corrected chi connectivity index (χ2v) is 5.61. The molecule has 0 bridgehead atoms. The Hall–Kier alpha value is -1.62. The number of anilines is 1. The first-order chi connectivity index (χ1) is 10.1. The molecule has 2 amide bonds. The molecule has 2 rings (SSSR count). The maximum absolute atomic E-state index is 12.8. The molecule has 0 spiro atoms. The number of benzene rings is 1. The van der Waals surface area contributed by atoms with Crippen LogP contribution in [0.1, 0.15) is 32.6 Å². The fourth-order valence-electron chi connectivity index (χ4n) is 2.87. The SMILES string of the molecule is CCNC1CCC(N(C)C(=O)Nc2ccc(F)cc2)CC1. The lowest BCUT2D eigenvalue weighted by molar-refractivity contribution is 0.177. The number of nitrogens with zero attached hydrogens (tertiary/aromatic N) is 1. The summed E-state index contributed by atoms with van der Waals surface area (Å²) in [5.41, 5.74) is 0.620. The van der Waals surface area contributed by atoms with E-state index in [2.05, 4.69) is 17.6 Å². The molecule has 0 aliphatic heterocycles.